The molecule has 2 aromatic heterocycles. The molecule has 3 heterocycles. The van der Waals surface area contributed by atoms with Crippen LogP contribution in [0.3, 0.4) is 0 Å². The third-order valence-corrected chi connectivity index (χ3v) is 5.38. The van der Waals surface area contributed by atoms with Crippen molar-refractivity contribution < 1.29 is 23.0 Å². The van der Waals surface area contributed by atoms with Gasteiger partial charge in [-0.3, -0.25) is 9.36 Å². The maximum atomic E-state index is 13.9. The van der Waals surface area contributed by atoms with Gasteiger partial charge in [0.05, 0.1) is 6.61 Å². The van der Waals surface area contributed by atoms with Crippen LogP contribution in [0.2, 0.25) is 0 Å². The summed E-state index contributed by atoms with van der Waals surface area (Å²) < 4.78 is 38.8. The van der Waals surface area contributed by atoms with Crippen molar-refractivity contribution in [2.24, 2.45) is 7.05 Å². The summed E-state index contributed by atoms with van der Waals surface area (Å²) in [6.07, 6.45) is 2.63. The standard InChI is InChI=1S/C22H23F2N5O4/c1-3-32-22(31)29-8-6-15(7-9-29)26-21-25-12-13-10-18(20(30)28(2)19(13)27-21)33-17-5-4-14(23)11-16(17)24/h4-5,10-12,15H,3,6-9H2,1-2H3,(H,25,26,27). The summed E-state index contributed by atoms with van der Waals surface area (Å²) in [6.45, 7) is 3.23. The lowest BCUT2D eigenvalue weighted by molar-refractivity contribution is 0.0983. The zero-order valence-electron chi connectivity index (χ0n) is 18.2. The number of halogens is 2. The average Bonchev–Trinajstić information content (AvgIpc) is 2.80. The van der Waals surface area contributed by atoms with Crippen molar-refractivity contribution in [3.05, 3.63) is 52.5 Å². The number of anilines is 1. The first-order valence-corrected chi connectivity index (χ1v) is 10.5. The van der Waals surface area contributed by atoms with Crippen LogP contribution in [0.5, 0.6) is 11.5 Å². The zero-order valence-corrected chi connectivity index (χ0v) is 18.2. The van der Waals surface area contributed by atoms with Gasteiger partial charge in [0.25, 0.3) is 5.56 Å². The Morgan fingerprint density at radius 1 is 1.21 bits per heavy atom. The van der Waals surface area contributed by atoms with Gasteiger partial charge in [0.15, 0.2) is 17.3 Å². The molecule has 0 spiro atoms. The molecule has 0 unspecified atom stereocenters. The quantitative estimate of drug-likeness (QED) is 0.624. The van der Waals surface area contributed by atoms with E-state index in [1.165, 1.54) is 23.9 Å². The number of nitrogens with zero attached hydrogens (tertiary/aromatic N) is 4. The average molecular weight is 459 g/mol. The van der Waals surface area contributed by atoms with Gasteiger partial charge in [-0.15, -0.1) is 0 Å². The molecule has 0 aliphatic carbocycles. The Kier molecular flexibility index (Phi) is 6.38. The number of hydrogen-bond donors (Lipinski definition) is 1. The normalized spacial score (nSPS) is 14.4. The molecule has 0 atom stereocenters. The van der Waals surface area contributed by atoms with Gasteiger partial charge in [-0.05, 0) is 38.0 Å². The van der Waals surface area contributed by atoms with E-state index < -0.39 is 17.2 Å². The predicted octanol–water partition coefficient (Wildman–Crippen LogP) is 3.43. The van der Waals surface area contributed by atoms with Gasteiger partial charge in [0.1, 0.15) is 11.5 Å². The fourth-order valence-electron chi connectivity index (χ4n) is 3.64. The van der Waals surface area contributed by atoms with Crippen molar-refractivity contribution in [2.75, 3.05) is 25.0 Å². The number of piperidine rings is 1. The summed E-state index contributed by atoms with van der Waals surface area (Å²) in [4.78, 5) is 35.0. The van der Waals surface area contributed by atoms with Gasteiger partial charge in [0.2, 0.25) is 5.95 Å². The molecule has 1 N–H and O–H groups in total. The fraction of sp³-hybridized carbons (Fsp3) is 0.364. The Morgan fingerprint density at radius 3 is 2.67 bits per heavy atom. The van der Waals surface area contributed by atoms with E-state index in [2.05, 4.69) is 15.3 Å². The van der Waals surface area contributed by atoms with Gasteiger partial charge >= 0.3 is 6.09 Å². The number of carbonyl (C=O) groups is 1. The molecule has 4 rings (SSSR count). The molecular formula is C22H23F2N5O4. The highest BCUT2D eigenvalue weighted by atomic mass is 19.1. The largest absolute Gasteiger partial charge is 0.450 e. The number of rotatable bonds is 5. The van der Waals surface area contributed by atoms with Crippen LogP contribution in [0.1, 0.15) is 19.8 Å². The van der Waals surface area contributed by atoms with Crippen LogP contribution in [0.4, 0.5) is 19.5 Å². The smallest absolute Gasteiger partial charge is 0.409 e. The molecule has 1 fully saturated rings. The molecule has 1 amide bonds. The second kappa shape index (κ2) is 9.39. The van der Waals surface area contributed by atoms with E-state index in [0.717, 1.165) is 12.1 Å². The van der Waals surface area contributed by atoms with Gasteiger partial charge in [-0.2, -0.15) is 4.98 Å². The molecule has 0 radical (unpaired) electrons. The van der Waals surface area contributed by atoms with Crippen molar-refractivity contribution in [1.82, 2.24) is 19.4 Å². The summed E-state index contributed by atoms with van der Waals surface area (Å²) in [5, 5.41) is 3.76. The van der Waals surface area contributed by atoms with Crippen LogP contribution >= 0.6 is 0 Å². The second-order valence-corrected chi connectivity index (χ2v) is 7.63. The minimum Gasteiger partial charge on any atom is -0.450 e. The summed E-state index contributed by atoms with van der Waals surface area (Å²) in [5.41, 5.74) is -0.160. The van der Waals surface area contributed by atoms with Crippen LogP contribution in [-0.2, 0) is 11.8 Å². The second-order valence-electron chi connectivity index (χ2n) is 7.63. The van der Waals surface area contributed by atoms with E-state index >= 15 is 0 Å². The molecule has 3 aromatic rings. The Balaban J connectivity index is 1.50. The lowest BCUT2D eigenvalue weighted by Crippen LogP contribution is -2.42. The topological polar surface area (TPSA) is 98.6 Å². The maximum Gasteiger partial charge on any atom is 0.409 e. The Bertz CT molecular complexity index is 1240. The number of benzene rings is 1. The molecular weight excluding hydrogens is 436 g/mol. The van der Waals surface area contributed by atoms with Crippen molar-refractivity contribution in [1.29, 1.82) is 0 Å². The highest BCUT2D eigenvalue weighted by molar-refractivity contribution is 5.77. The zero-order chi connectivity index (χ0) is 23.5. The van der Waals surface area contributed by atoms with Crippen molar-refractivity contribution in [3.63, 3.8) is 0 Å². The first kappa shape index (κ1) is 22.4. The number of aromatic nitrogens is 3. The Labute approximate surface area is 188 Å². The molecule has 0 saturated carbocycles. The van der Waals surface area contributed by atoms with E-state index in [0.29, 0.717) is 55.6 Å². The van der Waals surface area contributed by atoms with Crippen LogP contribution in [0, 0.1) is 11.6 Å². The number of fused-ring (bicyclic) bond motifs is 1. The third kappa shape index (κ3) is 4.86. The number of likely N-dealkylation sites (tertiary alicyclic amines) is 1. The van der Waals surface area contributed by atoms with E-state index in [9.17, 15) is 18.4 Å². The molecule has 1 aliphatic rings. The van der Waals surface area contributed by atoms with Crippen LogP contribution < -0.4 is 15.6 Å². The van der Waals surface area contributed by atoms with E-state index in [4.69, 9.17) is 9.47 Å². The van der Waals surface area contributed by atoms with Crippen molar-refractivity contribution >= 4 is 23.1 Å². The maximum absolute atomic E-state index is 13.9. The number of carbonyl (C=O) groups excluding carboxylic acids is 1. The third-order valence-electron chi connectivity index (χ3n) is 5.38. The highest BCUT2D eigenvalue weighted by Gasteiger charge is 2.24. The first-order valence-electron chi connectivity index (χ1n) is 10.5. The van der Waals surface area contributed by atoms with E-state index in [1.54, 1.807) is 11.8 Å². The van der Waals surface area contributed by atoms with Crippen LogP contribution in [0.25, 0.3) is 11.0 Å². The number of nitrogens with one attached hydrogen (secondary N) is 1. The minimum atomic E-state index is -0.915. The van der Waals surface area contributed by atoms with Gasteiger partial charge in [0, 0.05) is 43.8 Å². The highest BCUT2D eigenvalue weighted by Crippen LogP contribution is 2.25. The number of pyridine rings is 1. The monoisotopic (exact) mass is 459 g/mol. The lowest BCUT2D eigenvalue weighted by atomic mass is 10.1. The van der Waals surface area contributed by atoms with E-state index in [-0.39, 0.29) is 23.6 Å². The van der Waals surface area contributed by atoms with Crippen molar-refractivity contribution in [2.45, 2.75) is 25.8 Å². The molecule has 1 aromatic carbocycles. The van der Waals surface area contributed by atoms with Gasteiger partial charge < -0.3 is 19.7 Å². The summed E-state index contributed by atoms with van der Waals surface area (Å²) in [6, 6.07) is 4.32. The lowest BCUT2D eigenvalue weighted by Gasteiger charge is -2.31. The Morgan fingerprint density at radius 2 is 1.97 bits per heavy atom. The van der Waals surface area contributed by atoms with Crippen LogP contribution in [-0.4, -0.2) is 51.3 Å². The van der Waals surface area contributed by atoms with Gasteiger partial charge in [-0.25, -0.2) is 18.6 Å². The van der Waals surface area contributed by atoms with Crippen LogP contribution in [0.15, 0.2) is 35.3 Å². The molecule has 1 aliphatic heterocycles. The van der Waals surface area contributed by atoms with Crippen molar-refractivity contribution in [3.8, 4) is 11.5 Å². The predicted molar refractivity (Wildman–Crippen MR) is 116 cm³/mol. The number of hydrogen-bond acceptors (Lipinski definition) is 7. The summed E-state index contributed by atoms with van der Waals surface area (Å²) >= 11 is 0. The molecule has 174 valence electrons. The molecule has 11 heteroatoms. The first-order chi connectivity index (χ1) is 15.9. The number of amides is 1. The molecule has 9 nitrogen and oxygen atoms in total. The number of aryl methyl sites for hydroxylation is 1. The molecule has 33 heavy (non-hydrogen) atoms. The molecule has 1 saturated heterocycles. The van der Waals surface area contributed by atoms with Gasteiger partial charge in [-0.1, -0.05) is 0 Å². The fourth-order valence-corrected chi connectivity index (χ4v) is 3.64. The SMILES string of the molecule is CCOC(=O)N1CCC(Nc2ncc3cc(Oc4ccc(F)cc4F)c(=O)n(C)c3n2)CC1. The summed E-state index contributed by atoms with van der Waals surface area (Å²) in [5.74, 6) is -1.70. The minimum absolute atomic E-state index is 0.0641. The number of ether oxygens (including phenoxy) is 2. The Hall–Kier alpha value is -3.76. The summed E-state index contributed by atoms with van der Waals surface area (Å²) in [7, 11) is 1.52. The van der Waals surface area contributed by atoms with E-state index in [1.807, 2.05) is 0 Å². The molecule has 0 bridgehead atoms.